The molecule has 0 fully saturated rings. The average Bonchev–Trinajstić information content (AvgIpc) is 2.27. The molecule has 78 valence electrons. The first-order chi connectivity index (χ1) is 6.70. The molecule has 1 N–H and O–H groups in total. The molecule has 0 radical (unpaired) electrons. The number of rotatable bonds is 5. The van der Waals surface area contributed by atoms with E-state index >= 15 is 0 Å². The number of aliphatic hydroxyl groups is 1. The molecule has 0 aliphatic heterocycles. The third-order valence-corrected chi connectivity index (χ3v) is 2.46. The Morgan fingerprint density at radius 3 is 2.64 bits per heavy atom. The van der Waals surface area contributed by atoms with Crippen LogP contribution in [0.4, 0.5) is 0 Å². The van der Waals surface area contributed by atoms with Gasteiger partial charge < -0.3 is 9.84 Å². The van der Waals surface area contributed by atoms with Crippen molar-refractivity contribution in [2.24, 2.45) is 0 Å². The van der Waals surface area contributed by atoms with Crippen molar-refractivity contribution in [1.29, 1.82) is 0 Å². The highest BCUT2D eigenvalue weighted by Crippen LogP contribution is 2.17. The molecule has 3 heteroatoms. The predicted molar refractivity (Wildman–Crippen MR) is 55.3 cm³/mol. The van der Waals surface area contributed by atoms with E-state index < -0.39 is 5.60 Å². The van der Waals surface area contributed by atoms with Crippen molar-refractivity contribution in [3.63, 3.8) is 0 Å². The zero-order valence-electron chi connectivity index (χ0n) is 8.73. The van der Waals surface area contributed by atoms with Crippen LogP contribution in [-0.4, -0.2) is 22.3 Å². The van der Waals surface area contributed by atoms with Gasteiger partial charge in [-0.05, 0) is 25.0 Å². The predicted octanol–water partition coefficient (Wildman–Crippen LogP) is 2.01. The fourth-order valence-corrected chi connectivity index (χ4v) is 1.10. The molecular weight excluding hydrogens is 178 g/mol. The van der Waals surface area contributed by atoms with Crippen LogP contribution in [0.15, 0.2) is 24.5 Å². The molecule has 1 heterocycles. The Labute approximate surface area is 84.7 Å². The Kier molecular flexibility index (Phi) is 3.89. The second-order valence-corrected chi connectivity index (χ2v) is 3.41. The van der Waals surface area contributed by atoms with Gasteiger partial charge in [0.25, 0.3) is 0 Å². The third-order valence-electron chi connectivity index (χ3n) is 2.46. The fraction of sp³-hybridized carbons (Fsp3) is 0.545. The van der Waals surface area contributed by atoms with Crippen LogP contribution in [0.2, 0.25) is 0 Å². The van der Waals surface area contributed by atoms with Gasteiger partial charge in [-0.3, -0.25) is 4.98 Å². The van der Waals surface area contributed by atoms with Gasteiger partial charge in [-0.25, -0.2) is 0 Å². The Hall–Kier alpha value is -1.09. The van der Waals surface area contributed by atoms with Crippen LogP contribution in [0.1, 0.15) is 26.7 Å². The van der Waals surface area contributed by atoms with Gasteiger partial charge in [0, 0.05) is 6.20 Å². The molecule has 1 aromatic rings. The molecule has 0 saturated carbocycles. The molecule has 0 amide bonds. The summed E-state index contributed by atoms with van der Waals surface area (Å²) in [5.41, 5.74) is -0.712. The molecule has 0 aliphatic rings. The van der Waals surface area contributed by atoms with Crippen molar-refractivity contribution in [2.75, 3.05) is 6.61 Å². The van der Waals surface area contributed by atoms with Crippen LogP contribution in [0, 0.1) is 0 Å². The normalized spacial score (nSPS) is 11.4. The van der Waals surface area contributed by atoms with Crippen LogP contribution in [0.3, 0.4) is 0 Å². The minimum Gasteiger partial charge on any atom is -0.489 e. The van der Waals surface area contributed by atoms with Crippen molar-refractivity contribution in [3.05, 3.63) is 24.5 Å². The van der Waals surface area contributed by atoms with Crippen molar-refractivity contribution in [2.45, 2.75) is 32.3 Å². The lowest BCUT2D eigenvalue weighted by molar-refractivity contribution is -0.0114. The SMILES string of the molecule is CCC(O)(CC)COc1cccnc1. The maximum Gasteiger partial charge on any atom is 0.137 e. The van der Waals surface area contributed by atoms with Crippen LogP contribution in [0.5, 0.6) is 5.75 Å². The monoisotopic (exact) mass is 195 g/mol. The maximum absolute atomic E-state index is 9.94. The summed E-state index contributed by atoms with van der Waals surface area (Å²) in [5, 5.41) is 9.94. The van der Waals surface area contributed by atoms with E-state index in [0.717, 1.165) is 0 Å². The average molecular weight is 195 g/mol. The van der Waals surface area contributed by atoms with E-state index in [2.05, 4.69) is 4.98 Å². The molecule has 0 aromatic carbocycles. The van der Waals surface area contributed by atoms with Gasteiger partial charge in [0.2, 0.25) is 0 Å². The van der Waals surface area contributed by atoms with E-state index in [9.17, 15) is 5.11 Å². The second-order valence-electron chi connectivity index (χ2n) is 3.41. The minimum absolute atomic E-state index is 0.325. The van der Waals surface area contributed by atoms with Gasteiger partial charge in [0.05, 0.1) is 11.8 Å². The zero-order valence-corrected chi connectivity index (χ0v) is 8.73. The van der Waals surface area contributed by atoms with Crippen LogP contribution in [-0.2, 0) is 0 Å². The number of aromatic nitrogens is 1. The van der Waals surface area contributed by atoms with Gasteiger partial charge in [-0.1, -0.05) is 13.8 Å². The zero-order chi connectivity index (χ0) is 10.4. The minimum atomic E-state index is -0.712. The third kappa shape index (κ3) is 3.00. The molecule has 1 aromatic heterocycles. The Morgan fingerprint density at radius 1 is 1.43 bits per heavy atom. The lowest BCUT2D eigenvalue weighted by Gasteiger charge is -2.24. The highest BCUT2D eigenvalue weighted by Gasteiger charge is 2.22. The van der Waals surface area contributed by atoms with E-state index in [0.29, 0.717) is 25.2 Å². The topological polar surface area (TPSA) is 42.4 Å². The first-order valence-electron chi connectivity index (χ1n) is 4.95. The van der Waals surface area contributed by atoms with Crippen LogP contribution in [0.25, 0.3) is 0 Å². The Balaban J connectivity index is 2.48. The lowest BCUT2D eigenvalue weighted by Crippen LogP contribution is -2.34. The van der Waals surface area contributed by atoms with Crippen molar-refractivity contribution in [3.8, 4) is 5.75 Å². The van der Waals surface area contributed by atoms with Gasteiger partial charge in [-0.15, -0.1) is 0 Å². The molecule has 0 saturated heterocycles. The van der Waals surface area contributed by atoms with E-state index in [1.165, 1.54) is 0 Å². The molecule has 0 spiro atoms. The van der Waals surface area contributed by atoms with Gasteiger partial charge in [0.15, 0.2) is 0 Å². The van der Waals surface area contributed by atoms with Gasteiger partial charge in [0.1, 0.15) is 12.4 Å². The van der Waals surface area contributed by atoms with E-state index in [1.807, 2.05) is 26.0 Å². The Bertz CT molecular complexity index is 257. The largest absolute Gasteiger partial charge is 0.489 e. The summed E-state index contributed by atoms with van der Waals surface area (Å²) in [6.07, 6.45) is 4.73. The summed E-state index contributed by atoms with van der Waals surface area (Å²) in [5.74, 6) is 0.702. The molecular formula is C11H17NO2. The first kappa shape index (κ1) is 11.0. The molecule has 0 unspecified atom stereocenters. The second kappa shape index (κ2) is 4.96. The molecule has 0 bridgehead atoms. The highest BCUT2D eigenvalue weighted by molar-refractivity contribution is 5.15. The Morgan fingerprint density at radius 2 is 2.14 bits per heavy atom. The number of ether oxygens (including phenoxy) is 1. The van der Waals surface area contributed by atoms with E-state index in [4.69, 9.17) is 4.74 Å². The van der Waals surface area contributed by atoms with Crippen molar-refractivity contribution in [1.82, 2.24) is 4.98 Å². The van der Waals surface area contributed by atoms with E-state index in [-0.39, 0.29) is 0 Å². The van der Waals surface area contributed by atoms with Gasteiger partial charge in [-0.2, -0.15) is 0 Å². The summed E-state index contributed by atoms with van der Waals surface area (Å²) < 4.78 is 5.44. The standard InChI is InChI=1S/C11H17NO2/c1-3-11(13,4-2)9-14-10-6-5-7-12-8-10/h5-8,13H,3-4,9H2,1-2H3. The van der Waals surface area contributed by atoms with E-state index in [1.54, 1.807) is 12.4 Å². The first-order valence-corrected chi connectivity index (χ1v) is 4.95. The fourth-order valence-electron chi connectivity index (χ4n) is 1.10. The summed E-state index contributed by atoms with van der Waals surface area (Å²) in [4.78, 5) is 3.93. The number of hydrogen-bond donors (Lipinski definition) is 1. The highest BCUT2D eigenvalue weighted by atomic mass is 16.5. The van der Waals surface area contributed by atoms with Crippen molar-refractivity contribution >= 4 is 0 Å². The van der Waals surface area contributed by atoms with Gasteiger partial charge >= 0.3 is 0 Å². The molecule has 1 rings (SSSR count). The summed E-state index contributed by atoms with van der Waals surface area (Å²) >= 11 is 0. The molecule has 0 atom stereocenters. The quantitative estimate of drug-likeness (QED) is 0.781. The summed E-state index contributed by atoms with van der Waals surface area (Å²) in [6, 6.07) is 3.64. The van der Waals surface area contributed by atoms with Crippen molar-refractivity contribution < 1.29 is 9.84 Å². The summed E-state index contributed by atoms with van der Waals surface area (Å²) in [7, 11) is 0. The van der Waals surface area contributed by atoms with Crippen LogP contribution < -0.4 is 4.74 Å². The van der Waals surface area contributed by atoms with Crippen LogP contribution >= 0.6 is 0 Å². The number of hydrogen-bond acceptors (Lipinski definition) is 3. The lowest BCUT2D eigenvalue weighted by atomic mass is 9.99. The molecule has 14 heavy (non-hydrogen) atoms. The number of pyridine rings is 1. The molecule has 0 aliphatic carbocycles. The number of nitrogens with zero attached hydrogens (tertiary/aromatic N) is 1. The maximum atomic E-state index is 9.94. The summed E-state index contributed by atoms with van der Waals surface area (Å²) in [6.45, 7) is 4.23. The molecule has 3 nitrogen and oxygen atoms in total. The smallest absolute Gasteiger partial charge is 0.137 e.